The zero-order valence-electron chi connectivity index (χ0n) is 12.9. The molecule has 0 atom stereocenters. The molecule has 0 saturated heterocycles. The summed E-state index contributed by atoms with van der Waals surface area (Å²) in [6.07, 6.45) is 0. The van der Waals surface area contributed by atoms with Gasteiger partial charge in [0.15, 0.2) is 0 Å². The third-order valence-corrected chi connectivity index (χ3v) is 10.8. The summed E-state index contributed by atoms with van der Waals surface area (Å²) in [5.74, 6) is 0.469. The average Bonchev–Trinajstić information content (AvgIpc) is 2.58. The van der Waals surface area contributed by atoms with E-state index in [2.05, 4.69) is 132 Å². The van der Waals surface area contributed by atoms with Crippen molar-refractivity contribution in [1.82, 2.24) is 0 Å². The minimum absolute atomic E-state index is 0.234. The molecule has 130 valence electrons. The molecule has 3 aromatic carbocycles. The Morgan fingerprint density at radius 2 is 0.500 bits per heavy atom. The second kappa shape index (κ2) is 6.53. The molecule has 0 fully saturated rings. The first-order chi connectivity index (χ1) is 12.4. The first-order valence-electron chi connectivity index (χ1n) is 7.83. The first-order valence-corrected chi connectivity index (χ1v) is 12.6. The molecule has 0 nitrogen and oxygen atoms in total. The minimum Gasteiger partial charge on any atom is -0.0496 e. The van der Waals surface area contributed by atoms with Crippen molar-refractivity contribution in [1.29, 1.82) is 0 Å². The van der Waals surface area contributed by atoms with E-state index >= 15 is 0 Å². The maximum atomic E-state index is 3.70. The van der Waals surface area contributed by atoms with Gasteiger partial charge in [-0.05, 0) is 165 Å². The maximum absolute atomic E-state index is 3.70. The maximum Gasteiger partial charge on any atom is 0.0350 e. The average molecular weight is 728 g/mol. The lowest BCUT2D eigenvalue weighted by Crippen LogP contribution is -2.28. The quantitative estimate of drug-likeness (QED) is 0.149. The Kier molecular flexibility index (Phi) is 4.66. The van der Waals surface area contributed by atoms with Gasteiger partial charge in [0, 0.05) is 38.7 Å². The minimum atomic E-state index is 0.234. The van der Waals surface area contributed by atoms with E-state index < -0.39 is 0 Å². The largest absolute Gasteiger partial charge is 0.0496 e. The summed E-state index contributed by atoms with van der Waals surface area (Å²) in [6.45, 7) is 0. The van der Waals surface area contributed by atoms with E-state index in [9.17, 15) is 0 Å². The highest BCUT2D eigenvalue weighted by Crippen LogP contribution is 2.58. The highest BCUT2D eigenvalue weighted by Gasteiger charge is 2.42. The van der Waals surface area contributed by atoms with Gasteiger partial charge in [-0.2, -0.15) is 0 Å². The van der Waals surface area contributed by atoms with Gasteiger partial charge in [-0.25, -0.2) is 0 Å². The SMILES string of the molecule is Brc1cc2c(cc1Br)C1c3cc(Br)c(Br)cc3C2c2cc(Br)c(Br)cc21. The van der Waals surface area contributed by atoms with E-state index in [1.807, 2.05) is 0 Å². The Hall–Kier alpha value is 0.540. The summed E-state index contributed by atoms with van der Waals surface area (Å²) in [7, 11) is 0. The van der Waals surface area contributed by atoms with Crippen LogP contribution in [0.4, 0.5) is 0 Å². The summed E-state index contributed by atoms with van der Waals surface area (Å²) in [5.41, 5.74) is 8.30. The molecular formula is C20H8Br6. The van der Waals surface area contributed by atoms with Crippen LogP contribution in [0.25, 0.3) is 0 Å². The van der Waals surface area contributed by atoms with Crippen LogP contribution in [0, 0.1) is 0 Å². The van der Waals surface area contributed by atoms with Crippen molar-refractivity contribution in [3.8, 4) is 0 Å². The number of hydrogen-bond donors (Lipinski definition) is 0. The summed E-state index contributed by atoms with van der Waals surface area (Å²) in [6, 6.07) is 13.6. The van der Waals surface area contributed by atoms with Crippen molar-refractivity contribution in [2.24, 2.45) is 0 Å². The molecule has 2 bridgehead atoms. The Bertz CT molecular complexity index is 890. The van der Waals surface area contributed by atoms with Crippen molar-refractivity contribution in [3.05, 3.63) is 96.6 Å². The molecule has 0 amide bonds. The highest BCUT2D eigenvalue weighted by atomic mass is 79.9. The van der Waals surface area contributed by atoms with Crippen molar-refractivity contribution >= 4 is 95.6 Å². The van der Waals surface area contributed by atoms with Crippen LogP contribution >= 0.6 is 95.6 Å². The third-order valence-electron chi connectivity index (χ3n) is 5.24. The Morgan fingerprint density at radius 3 is 0.654 bits per heavy atom. The molecule has 3 aliphatic carbocycles. The van der Waals surface area contributed by atoms with Crippen molar-refractivity contribution in [3.63, 3.8) is 0 Å². The molecular weight excluding hydrogens is 720 g/mol. The smallest absolute Gasteiger partial charge is 0.0350 e. The van der Waals surface area contributed by atoms with Crippen LogP contribution in [0.15, 0.2) is 63.2 Å². The standard InChI is InChI=1S/C20H8Br6/c21-13-1-7-8(2-14(13)22)20-11-5-17(25)15(23)3-9(11)19(7)10-4-16(24)18(26)6-12(10)20/h1-6,19-20H. The monoisotopic (exact) mass is 722 g/mol. The van der Waals surface area contributed by atoms with Crippen molar-refractivity contribution in [2.45, 2.75) is 11.8 Å². The Morgan fingerprint density at radius 1 is 0.346 bits per heavy atom. The van der Waals surface area contributed by atoms with Crippen LogP contribution < -0.4 is 0 Å². The molecule has 26 heavy (non-hydrogen) atoms. The Balaban J connectivity index is 1.91. The molecule has 0 heterocycles. The molecule has 0 spiro atoms. The van der Waals surface area contributed by atoms with Crippen LogP contribution in [0.5, 0.6) is 0 Å². The van der Waals surface area contributed by atoms with Gasteiger partial charge in [-0.3, -0.25) is 0 Å². The van der Waals surface area contributed by atoms with E-state index in [1.165, 1.54) is 33.4 Å². The number of halogens is 6. The van der Waals surface area contributed by atoms with E-state index in [-0.39, 0.29) is 11.8 Å². The van der Waals surface area contributed by atoms with Gasteiger partial charge in [-0.1, -0.05) is 0 Å². The highest BCUT2D eigenvalue weighted by molar-refractivity contribution is 9.13. The zero-order chi connectivity index (χ0) is 18.3. The van der Waals surface area contributed by atoms with Gasteiger partial charge in [-0.15, -0.1) is 0 Å². The summed E-state index contributed by atoms with van der Waals surface area (Å²) >= 11 is 22.2. The van der Waals surface area contributed by atoms with Gasteiger partial charge < -0.3 is 0 Å². The lowest BCUT2D eigenvalue weighted by molar-refractivity contribution is 0.749. The predicted molar refractivity (Wildman–Crippen MR) is 127 cm³/mol. The molecule has 6 rings (SSSR count). The molecule has 0 N–H and O–H groups in total. The van der Waals surface area contributed by atoms with Gasteiger partial charge in [0.2, 0.25) is 0 Å². The van der Waals surface area contributed by atoms with Gasteiger partial charge >= 0.3 is 0 Å². The lowest BCUT2D eigenvalue weighted by atomic mass is 9.61. The molecule has 0 saturated carbocycles. The van der Waals surface area contributed by atoms with Gasteiger partial charge in [0.1, 0.15) is 0 Å². The van der Waals surface area contributed by atoms with Crippen LogP contribution in [0.1, 0.15) is 45.2 Å². The number of hydrogen-bond acceptors (Lipinski definition) is 0. The molecule has 0 aromatic heterocycles. The fraction of sp³-hybridized carbons (Fsp3) is 0.100. The van der Waals surface area contributed by atoms with Crippen LogP contribution in [0.2, 0.25) is 0 Å². The molecule has 6 heteroatoms. The van der Waals surface area contributed by atoms with E-state index in [0.717, 1.165) is 26.8 Å². The zero-order valence-corrected chi connectivity index (χ0v) is 22.4. The molecule has 0 aliphatic heterocycles. The fourth-order valence-electron chi connectivity index (χ4n) is 4.24. The fourth-order valence-corrected chi connectivity index (χ4v) is 6.40. The van der Waals surface area contributed by atoms with Gasteiger partial charge in [0.05, 0.1) is 0 Å². The topological polar surface area (TPSA) is 0 Å². The predicted octanol–water partition coefficient (Wildman–Crippen LogP) is 9.25. The Labute approximate surface area is 201 Å². The number of rotatable bonds is 0. The normalized spacial score (nSPS) is 19.2. The summed E-state index contributed by atoms with van der Waals surface area (Å²) < 4.78 is 6.58. The van der Waals surface area contributed by atoms with E-state index in [4.69, 9.17) is 0 Å². The second-order valence-corrected chi connectivity index (χ2v) is 11.7. The lowest BCUT2D eigenvalue weighted by Gasteiger charge is -2.43. The van der Waals surface area contributed by atoms with Crippen LogP contribution in [-0.2, 0) is 0 Å². The van der Waals surface area contributed by atoms with E-state index in [0.29, 0.717) is 0 Å². The van der Waals surface area contributed by atoms with E-state index in [1.54, 1.807) is 0 Å². The molecule has 0 radical (unpaired) electrons. The van der Waals surface area contributed by atoms with Crippen LogP contribution in [-0.4, -0.2) is 0 Å². The third kappa shape index (κ3) is 2.58. The molecule has 0 unspecified atom stereocenters. The molecule has 3 aliphatic rings. The second-order valence-electron chi connectivity index (χ2n) is 6.55. The summed E-state index contributed by atoms with van der Waals surface area (Å²) in [5, 5.41) is 0. The first kappa shape index (κ1) is 18.6. The van der Waals surface area contributed by atoms with Crippen molar-refractivity contribution in [2.75, 3.05) is 0 Å². The number of benzene rings is 3. The van der Waals surface area contributed by atoms with Gasteiger partial charge in [0.25, 0.3) is 0 Å². The summed E-state index contributed by atoms with van der Waals surface area (Å²) in [4.78, 5) is 0. The molecule has 3 aromatic rings. The van der Waals surface area contributed by atoms with Crippen molar-refractivity contribution < 1.29 is 0 Å². The van der Waals surface area contributed by atoms with Crippen LogP contribution in [0.3, 0.4) is 0 Å².